The summed E-state index contributed by atoms with van der Waals surface area (Å²) in [5.41, 5.74) is -1.77. The number of aliphatic carboxylic acids is 1. The van der Waals surface area contributed by atoms with Gasteiger partial charge in [-0.1, -0.05) is 6.07 Å². The summed E-state index contributed by atoms with van der Waals surface area (Å²) in [6, 6.07) is 6.58. The van der Waals surface area contributed by atoms with Gasteiger partial charge in [0.2, 0.25) is 5.75 Å². The third-order valence-electron chi connectivity index (χ3n) is 6.07. The molecule has 2 aromatic carbocycles. The summed E-state index contributed by atoms with van der Waals surface area (Å²) in [6.07, 6.45) is -1.75. The van der Waals surface area contributed by atoms with Crippen LogP contribution in [0.25, 0.3) is 12.2 Å². The van der Waals surface area contributed by atoms with E-state index in [0.29, 0.717) is 11.1 Å². The topological polar surface area (TPSA) is 210 Å². The number of aliphatic hydroxyl groups excluding tert-OH is 1. The zero-order chi connectivity index (χ0) is 29.6. The molecule has 4 atom stereocenters. The number of carbonyl (C=O) groups excluding carboxylic acids is 2. The Balaban J connectivity index is 1.79. The highest BCUT2D eigenvalue weighted by atomic mass is 16.6. The second-order valence-corrected chi connectivity index (χ2v) is 8.88. The minimum Gasteiger partial charge on any atom is -0.504 e. The quantitative estimate of drug-likeness (QED) is 0.145. The van der Waals surface area contributed by atoms with Gasteiger partial charge in [0.05, 0.1) is 20.3 Å². The van der Waals surface area contributed by atoms with E-state index in [9.17, 15) is 45.0 Å². The van der Waals surface area contributed by atoms with Crippen LogP contribution in [0.5, 0.6) is 28.7 Å². The number of phenolic OH excluding ortho intramolecular Hbond substituents is 3. The van der Waals surface area contributed by atoms with Gasteiger partial charge in [-0.2, -0.15) is 0 Å². The molecule has 40 heavy (non-hydrogen) atoms. The first-order valence-electron chi connectivity index (χ1n) is 11.7. The molecule has 0 spiro atoms. The van der Waals surface area contributed by atoms with Crippen molar-refractivity contribution in [3.63, 3.8) is 0 Å². The molecule has 0 heterocycles. The summed E-state index contributed by atoms with van der Waals surface area (Å²) in [6.45, 7) is 0. The number of phenols is 3. The Morgan fingerprint density at radius 3 is 1.98 bits per heavy atom. The van der Waals surface area contributed by atoms with Gasteiger partial charge >= 0.3 is 17.9 Å². The fourth-order valence-electron chi connectivity index (χ4n) is 4.02. The number of aromatic hydroxyl groups is 3. The number of methoxy groups -OCH3 is 2. The number of hydrogen-bond acceptors (Lipinski definition) is 12. The van der Waals surface area contributed by atoms with Crippen molar-refractivity contribution in [2.75, 3.05) is 14.2 Å². The summed E-state index contributed by atoms with van der Waals surface area (Å²) in [5.74, 6) is -4.59. The lowest BCUT2D eigenvalue weighted by Crippen LogP contribution is -2.58. The van der Waals surface area contributed by atoms with Gasteiger partial charge in [-0.15, -0.1) is 0 Å². The highest BCUT2D eigenvalue weighted by Crippen LogP contribution is 2.37. The van der Waals surface area contributed by atoms with E-state index in [1.165, 1.54) is 56.7 Å². The van der Waals surface area contributed by atoms with Gasteiger partial charge in [0.1, 0.15) is 6.10 Å². The Morgan fingerprint density at radius 2 is 1.43 bits per heavy atom. The number of benzene rings is 2. The molecule has 13 nitrogen and oxygen atoms in total. The van der Waals surface area contributed by atoms with Crippen molar-refractivity contribution in [1.82, 2.24) is 0 Å². The number of rotatable bonds is 9. The van der Waals surface area contributed by atoms with Crippen LogP contribution in [-0.2, 0) is 23.9 Å². The average Bonchev–Trinajstić information content (AvgIpc) is 2.90. The van der Waals surface area contributed by atoms with Crippen LogP contribution in [0.2, 0.25) is 0 Å². The van der Waals surface area contributed by atoms with Crippen molar-refractivity contribution in [1.29, 1.82) is 0 Å². The summed E-state index contributed by atoms with van der Waals surface area (Å²) in [4.78, 5) is 36.7. The molecule has 6 N–H and O–H groups in total. The Morgan fingerprint density at radius 1 is 0.850 bits per heavy atom. The van der Waals surface area contributed by atoms with E-state index >= 15 is 0 Å². The van der Waals surface area contributed by atoms with Crippen molar-refractivity contribution in [3.05, 3.63) is 53.6 Å². The monoisotopic (exact) mass is 560 g/mol. The molecule has 0 radical (unpaired) electrons. The van der Waals surface area contributed by atoms with Crippen molar-refractivity contribution in [2.45, 2.75) is 36.8 Å². The summed E-state index contributed by atoms with van der Waals surface area (Å²) in [5, 5.41) is 59.5. The number of esters is 2. The second-order valence-electron chi connectivity index (χ2n) is 8.88. The summed E-state index contributed by atoms with van der Waals surface area (Å²) >= 11 is 0. The Bertz CT molecular complexity index is 1310. The van der Waals surface area contributed by atoms with Crippen molar-refractivity contribution in [2.24, 2.45) is 0 Å². The third-order valence-corrected chi connectivity index (χ3v) is 6.07. The Hall–Kier alpha value is -4.75. The fraction of sp³-hybridized carbons (Fsp3) is 0.296. The zero-order valence-electron chi connectivity index (χ0n) is 21.4. The highest BCUT2D eigenvalue weighted by molar-refractivity contribution is 5.88. The standard InChI is InChI=1S/C27H28O13/c1-37-19-10-15(11-20(38-2)24(19)33)5-8-22(31)39-21-13-27(36,26(34)35)12-18(30)25(21)40-23(32)7-4-14-3-6-16(28)17(29)9-14/h3-11,18,21,25,28-30,33,36H,12-13H2,1-2H3,(H,34,35)/b7-4+,8-5+/t18-,21-,25-,27+/m1/s1. The molecular weight excluding hydrogens is 532 g/mol. The van der Waals surface area contributed by atoms with Gasteiger partial charge in [0.15, 0.2) is 34.7 Å². The molecule has 2 aromatic rings. The predicted octanol–water partition coefficient (Wildman–Crippen LogP) is 1.34. The maximum absolute atomic E-state index is 12.6. The molecule has 0 aromatic heterocycles. The maximum Gasteiger partial charge on any atom is 0.335 e. The first-order chi connectivity index (χ1) is 18.9. The smallest absolute Gasteiger partial charge is 0.335 e. The van der Waals surface area contributed by atoms with Gasteiger partial charge in [-0.25, -0.2) is 14.4 Å². The van der Waals surface area contributed by atoms with E-state index in [1.54, 1.807) is 0 Å². The largest absolute Gasteiger partial charge is 0.504 e. The molecule has 1 aliphatic rings. The fourth-order valence-corrected chi connectivity index (χ4v) is 4.02. The number of carbonyl (C=O) groups is 3. The number of hydrogen-bond donors (Lipinski definition) is 6. The van der Waals surface area contributed by atoms with E-state index in [1.807, 2.05) is 0 Å². The van der Waals surface area contributed by atoms with Crippen LogP contribution in [0.1, 0.15) is 24.0 Å². The summed E-state index contributed by atoms with van der Waals surface area (Å²) in [7, 11) is 2.64. The first kappa shape index (κ1) is 29.8. The van der Waals surface area contributed by atoms with Gasteiger partial charge in [-0.3, -0.25) is 0 Å². The molecule has 1 aliphatic carbocycles. The highest BCUT2D eigenvalue weighted by Gasteiger charge is 2.52. The molecular formula is C27H28O13. The molecule has 214 valence electrons. The zero-order valence-corrected chi connectivity index (χ0v) is 21.4. The first-order valence-corrected chi connectivity index (χ1v) is 11.7. The Labute approximate surface area is 227 Å². The van der Waals surface area contributed by atoms with E-state index < -0.39 is 60.4 Å². The number of ether oxygens (including phenoxy) is 4. The molecule has 13 heteroatoms. The average molecular weight is 561 g/mol. The third kappa shape index (κ3) is 7.01. The van der Waals surface area contributed by atoms with E-state index in [0.717, 1.165) is 12.2 Å². The van der Waals surface area contributed by atoms with Crippen molar-refractivity contribution in [3.8, 4) is 28.7 Å². The van der Waals surface area contributed by atoms with Crippen LogP contribution >= 0.6 is 0 Å². The van der Waals surface area contributed by atoms with Crippen LogP contribution < -0.4 is 9.47 Å². The predicted molar refractivity (Wildman–Crippen MR) is 137 cm³/mol. The second kappa shape index (κ2) is 12.4. The van der Waals surface area contributed by atoms with Gasteiger partial charge in [0, 0.05) is 25.0 Å². The molecule has 3 rings (SSSR count). The van der Waals surface area contributed by atoms with Gasteiger partial charge < -0.3 is 49.6 Å². The minimum atomic E-state index is -2.46. The van der Waals surface area contributed by atoms with Gasteiger partial charge in [0.25, 0.3) is 0 Å². The number of aliphatic hydroxyl groups is 2. The normalized spacial score (nSPS) is 22.6. The van der Waals surface area contributed by atoms with Gasteiger partial charge in [-0.05, 0) is 47.5 Å². The molecule has 0 amide bonds. The van der Waals surface area contributed by atoms with E-state index in [2.05, 4.69) is 0 Å². The molecule has 0 bridgehead atoms. The van der Waals surface area contributed by atoms with Crippen LogP contribution in [-0.4, -0.2) is 86.7 Å². The van der Waals surface area contributed by atoms with Crippen molar-refractivity contribution < 1.29 is 64.0 Å². The van der Waals surface area contributed by atoms with E-state index in [4.69, 9.17) is 18.9 Å². The lowest BCUT2D eigenvalue weighted by atomic mass is 9.79. The van der Waals surface area contributed by atoms with Crippen LogP contribution in [0.15, 0.2) is 42.5 Å². The Kier molecular flexibility index (Phi) is 9.24. The molecule has 0 aliphatic heterocycles. The minimum absolute atomic E-state index is 0.0665. The van der Waals surface area contributed by atoms with E-state index in [-0.39, 0.29) is 23.0 Å². The summed E-state index contributed by atoms with van der Waals surface area (Å²) < 4.78 is 20.6. The molecule has 1 fully saturated rings. The molecule has 1 saturated carbocycles. The molecule has 0 unspecified atom stereocenters. The van der Waals surface area contributed by atoms with Crippen LogP contribution in [0.3, 0.4) is 0 Å². The SMILES string of the molecule is COc1cc(/C=C/C(=O)O[C@@H]2C[C@](O)(C(=O)O)C[C@@H](O)[C@H]2OC(=O)/C=C/c2ccc(O)c(O)c2)cc(OC)c1O. The maximum atomic E-state index is 12.6. The number of carboxylic acid groups (broad SMARTS) is 1. The van der Waals surface area contributed by atoms with Crippen LogP contribution in [0.4, 0.5) is 0 Å². The number of carboxylic acids is 1. The molecule has 0 saturated heterocycles. The van der Waals surface area contributed by atoms with Crippen LogP contribution in [0, 0.1) is 0 Å². The van der Waals surface area contributed by atoms with Crippen molar-refractivity contribution >= 4 is 30.1 Å². The lowest BCUT2D eigenvalue weighted by Gasteiger charge is -2.40. The lowest BCUT2D eigenvalue weighted by molar-refractivity contribution is -0.204.